The minimum atomic E-state index is -1.64. The van der Waals surface area contributed by atoms with Gasteiger partial charge in [0.2, 0.25) is 0 Å². The Morgan fingerprint density at radius 2 is 2.33 bits per heavy atom. The van der Waals surface area contributed by atoms with E-state index in [0.29, 0.717) is 0 Å². The van der Waals surface area contributed by atoms with Crippen molar-refractivity contribution in [2.45, 2.75) is 11.7 Å². The molecule has 0 saturated heterocycles. The number of aromatic amines is 1. The second-order valence-corrected chi connectivity index (χ2v) is 3.38. The maximum Gasteiger partial charge on any atom is 0.322 e. The monoisotopic (exact) mass is 234 g/mol. The molecular weight excluding hydrogens is 224 g/mol. The SMILES string of the molecule is CSC(NC(=O)Nc1nn[nH]n1)C(O)O. The summed E-state index contributed by atoms with van der Waals surface area (Å²) in [4.78, 5) is 11.2. The number of carbonyl (C=O) groups excluding carboxylic acids is 1. The van der Waals surface area contributed by atoms with Gasteiger partial charge in [-0.15, -0.1) is 16.9 Å². The number of aliphatic hydroxyl groups excluding tert-OH is 1. The topological polar surface area (TPSA) is 136 Å². The van der Waals surface area contributed by atoms with Crippen molar-refractivity contribution in [3.05, 3.63) is 0 Å². The van der Waals surface area contributed by atoms with Crippen LogP contribution in [0.15, 0.2) is 0 Å². The van der Waals surface area contributed by atoms with Crippen molar-refractivity contribution in [1.29, 1.82) is 0 Å². The summed E-state index contributed by atoms with van der Waals surface area (Å²) in [5, 5.41) is 33.7. The fourth-order valence-electron chi connectivity index (χ4n) is 0.737. The molecule has 0 aliphatic heterocycles. The van der Waals surface area contributed by atoms with E-state index in [9.17, 15) is 4.79 Å². The van der Waals surface area contributed by atoms with Crippen molar-refractivity contribution >= 4 is 23.7 Å². The Kier molecular flexibility index (Phi) is 4.27. The summed E-state index contributed by atoms with van der Waals surface area (Å²) in [6.45, 7) is 0. The maximum atomic E-state index is 11.2. The van der Waals surface area contributed by atoms with Crippen LogP contribution >= 0.6 is 11.8 Å². The van der Waals surface area contributed by atoms with E-state index in [4.69, 9.17) is 10.2 Å². The van der Waals surface area contributed by atoms with Crippen molar-refractivity contribution in [1.82, 2.24) is 25.9 Å². The van der Waals surface area contributed by atoms with Crippen LogP contribution in [0, 0.1) is 0 Å². The number of amides is 2. The second-order valence-electron chi connectivity index (χ2n) is 2.40. The van der Waals surface area contributed by atoms with Gasteiger partial charge in [-0.1, -0.05) is 5.10 Å². The number of thioether (sulfide) groups is 1. The molecule has 84 valence electrons. The van der Waals surface area contributed by atoms with Crippen molar-refractivity contribution in [3.63, 3.8) is 0 Å². The van der Waals surface area contributed by atoms with Crippen LogP contribution in [0.25, 0.3) is 0 Å². The van der Waals surface area contributed by atoms with E-state index in [1.165, 1.54) is 0 Å². The molecule has 1 unspecified atom stereocenters. The van der Waals surface area contributed by atoms with Gasteiger partial charge >= 0.3 is 6.03 Å². The first-order chi connectivity index (χ1) is 7.13. The van der Waals surface area contributed by atoms with Crippen molar-refractivity contribution < 1.29 is 15.0 Å². The maximum absolute atomic E-state index is 11.2. The zero-order valence-electron chi connectivity index (χ0n) is 7.71. The van der Waals surface area contributed by atoms with Gasteiger partial charge in [-0.25, -0.2) is 4.79 Å². The number of H-pyrrole nitrogens is 1. The number of anilines is 1. The van der Waals surface area contributed by atoms with Crippen LogP contribution in [0.3, 0.4) is 0 Å². The van der Waals surface area contributed by atoms with Gasteiger partial charge < -0.3 is 15.5 Å². The predicted octanol–water partition coefficient (Wildman–Crippen LogP) is -1.68. The summed E-state index contributed by atoms with van der Waals surface area (Å²) in [5.74, 6) is -0.000201. The van der Waals surface area contributed by atoms with Crippen LogP contribution in [0.4, 0.5) is 10.7 Å². The zero-order valence-corrected chi connectivity index (χ0v) is 8.52. The zero-order chi connectivity index (χ0) is 11.3. The molecule has 9 nitrogen and oxygen atoms in total. The minimum Gasteiger partial charge on any atom is -0.366 e. The Balaban J connectivity index is 2.41. The molecular formula is C5H10N6O3S. The van der Waals surface area contributed by atoms with Crippen LogP contribution in [0.2, 0.25) is 0 Å². The fourth-order valence-corrected chi connectivity index (χ4v) is 1.21. The third kappa shape index (κ3) is 3.69. The quantitative estimate of drug-likeness (QED) is 0.392. The largest absolute Gasteiger partial charge is 0.366 e. The highest BCUT2D eigenvalue weighted by atomic mass is 32.2. The number of tetrazole rings is 1. The predicted molar refractivity (Wildman–Crippen MR) is 51.9 cm³/mol. The Labute approximate surface area is 88.6 Å². The average molecular weight is 234 g/mol. The number of carbonyl (C=O) groups is 1. The van der Waals surface area contributed by atoms with Gasteiger partial charge in [-0.05, 0) is 11.5 Å². The molecule has 0 aliphatic rings. The number of hydrogen-bond acceptors (Lipinski definition) is 7. The molecule has 10 heteroatoms. The molecule has 0 saturated carbocycles. The van der Waals surface area contributed by atoms with E-state index in [-0.39, 0.29) is 5.95 Å². The Morgan fingerprint density at radius 1 is 1.60 bits per heavy atom. The second kappa shape index (κ2) is 5.48. The van der Waals surface area contributed by atoms with E-state index in [1.54, 1.807) is 6.26 Å². The smallest absolute Gasteiger partial charge is 0.322 e. The van der Waals surface area contributed by atoms with E-state index in [2.05, 4.69) is 31.3 Å². The summed E-state index contributed by atoms with van der Waals surface area (Å²) in [5.41, 5.74) is 0. The third-order valence-electron chi connectivity index (χ3n) is 1.37. The van der Waals surface area contributed by atoms with E-state index in [1.807, 2.05) is 0 Å². The first kappa shape index (κ1) is 11.7. The van der Waals surface area contributed by atoms with Crippen molar-refractivity contribution in [2.24, 2.45) is 0 Å². The highest BCUT2D eigenvalue weighted by molar-refractivity contribution is 7.99. The van der Waals surface area contributed by atoms with Gasteiger partial charge in [0, 0.05) is 0 Å². The number of urea groups is 1. The summed E-state index contributed by atoms with van der Waals surface area (Å²) >= 11 is 1.08. The Bertz CT molecular complexity index is 304. The number of aliphatic hydroxyl groups is 2. The van der Waals surface area contributed by atoms with Crippen LogP contribution < -0.4 is 10.6 Å². The van der Waals surface area contributed by atoms with Gasteiger partial charge in [0.15, 0.2) is 6.29 Å². The van der Waals surface area contributed by atoms with E-state index < -0.39 is 17.7 Å². The molecule has 1 rings (SSSR count). The van der Waals surface area contributed by atoms with Gasteiger partial charge in [0.25, 0.3) is 5.95 Å². The van der Waals surface area contributed by atoms with Crippen molar-refractivity contribution in [3.8, 4) is 0 Å². The first-order valence-corrected chi connectivity index (χ1v) is 5.12. The van der Waals surface area contributed by atoms with Gasteiger partial charge in [0.1, 0.15) is 5.37 Å². The molecule has 5 N–H and O–H groups in total. The molecule has 1 aromatic rings. The molecule has 0 spiro atoms. The molecule has 0 radical (unpaired) electrons. The summed E-state index contributed by atoms with van der Waals surface area (Å²) in [6.07, 6.45) is -0.0188. The first-order valence-electron chi connectivity index (χ1n) is 3.83. The molecule has 15 heavy (non-hydrogen) atoms. The summed E-state index contributed by atoms with van der Waals surface area (Å²) in [6, 6.07) is -0.649. The third-order valence-corrected chi connectivity index (χ3v) is 2.24. The lowest BCUT2D eigenvalue weighted by molar-refractivity contribution is -0.0433. The number of hydrogen-bond donors (Lipinski definition) is 5. The van der Waals surface area contributed by atoms with Crippen LogP contribution in [-0.2, 0) is 0 Å². The van der Waals surface area contributed by atoms with Crippen LogP contribution in [0.5, 0.6) is 0 Å². The number of aromatic nitrogens is 4. The van der Waals surface area contributed by atoms with E-state index >= 15 is 0 Å². The van der Waals surface area contributed by atoms with Crippen LogP contribution in [0.1, 0.15) is 0 Å². The lowest BCUT2D eigenvalue weighted by Crippen LogP contribution is -2.43. The Hall–Kier alpha value is -1.39. The molecule has 1 atom stereocenters. The summed E-state index contributed by atoms with van der Waals surface area (Å²) in [7, 11) is 0. The lowest BCUT2D eigenvalue weighted by atomic mass is 10.6. The molecule has 1 heterocycles. The normalized spacial score (nSPS) is 12.5. The standard InChI is InChI=1S/C5H10N6O3S/c1-15-2(3(12)13)6-5(14)7-4-8-10-11-9-4/h2-3,12-13H,1H3,(H3,6,7,8,9,10,11,14). The molecule has 1 aromatic heterocycles. The minimum absolute atomic E-state index is 0.000201. The van der Waals surface area contributed by atoms with Gasteiger partial charge in [-0.3, -0.25) is 5.32 Å². The number of rotatable bonds is 4. The van der Waals surface area contributed by atoms with Gasteiger partial charge in [-0.2, -0.15) is 5.21 Å². The van der Waals surface area contributed by atoms with Crippen molar-refractivity contribution in [2.75, 3.05) is 11.6 Å². The Morgan fingerprint density at radius 3 is 2.80 bits per heavy atom. The summed E-state index contributed by atoms with van der Waals surface area (Å²) < 4.78 is 0. The molecule has 2 amide bonds. The fraction of sp³-hybridized carbons (Fsp3) is 0.600. The van der Waals surface area contributed by atoms with Gasteiger partial charge in [0.05, 0.1) is 0 Å². The van der Waals surface area contributed by atoms with Crippen LogP contribution in [-0.4, -0.2) is 54.8 Å². The van der Waals surface area contributed by atoms with E-state index in [0.717, 1.165) is 11.8 Å². The highest BCUT2D eigenvalue weighted by Gasteiger charge is 2.18. The number of nitrogens with one attached hydrogen (secondary N) is 3. The molecule has 0 bridgehead atoms. The number of nitrogens with zero attached hydrogens (tertiary/aromatic N) is 3. The molecule has 0 fully saturated rings. The highest BCUT2D eigenvalue weighted by Crippen LogP contribution is 2.06. The molecule has 0 aromatic carbocycles. The molecule has 0 aliphatic carbocycles. The lowest BCUT2D eigenvalue weighted by Gasteiger charge is -2.17. The average Bonchev–Trinajstić information content (AvgIpc) is 2.66.